The Labute approximate surface area is 132 Å². The first-order valence-corrected chi connectivity index (χ1v) is 8.91. The molecular weight excluding hydrogens is 274 g/mol. The van der Waals surface area contributed by atoms with Crippen LogP contribution in [-0.4, -0.2) is 19.3 Å². The van der Waals surface area contributed by atoms with Crippen LogP contribution in [0, 0.1) is 6.92 Å². The summed E-state index contributed by atoms with van der Waals surface area (Å²) in [7, 11) is 0. The van der Waals surface area contributed by atoms with Gasteiger partial charge in [0.15, 0.2) is 0 Å². The lowest BCUT2D eigenvalue weighted by molar-refractivity contribution is 0.404. The molecule has 2 heteroatoms. The predicted molar refractivity (Wildman–Crippen MR) is 92.4 cm³/mol. The normalized spacial score (nSPS) is 22.2. The molecule has 1 heterocycles. The summed E-state index contributed by atoms with van der Waals surface area (Å²) in [6.45, 7) is 4.36. The van der Waals surface area contributed by atoms with E-state index in [1.165, 1.54) is 28.0 Å². The van der Waals surface area contributed by atoms with Crippen LogP contribution in [0.4, 0.5) is 0 Å². The molecule has 3 rings (SSSR count). The SMILES string of the molecule is CSc1ccc(C2CCNCC2c2ccc(C)cc2)cc1. The number of nitrogens with one attached hydrogen (secondary N) is 1. The van der Waals surface area contributed by atoms with Gasteiger partial charge in [-0.15, -0.1) is 11.8 Å². The van der Waals surface area contributed by atoms with Gasteiger partial charge < -0.3 is 5.32 Å². The molecular formula is C19H23NS. The average molecular weight is 297 g/mol. The fourth-order valence-corrected chi connectivity index (χ4v) is 3.68. The molecule has 110 valence electrons. The molecule has 0 aromatic heterocycles. The van der Waals surface area contributed by atoms with E-state index in [9.17, 15) is 0 Å². The van der Waals surface area contributed by atoms with Crippen molar-refractivity contribution in [2.75, 3.05) is 19.3 Å². The van der Waals surface area contributed by atoms with E-state index in [1.807, 2.05) is 11.8 Å². The van der Waals surface area contributed by atoms with Crippen LogP contribution in [0.5, 0.6) is 0 Å². The van der Waals surface area contributed by atoms with Crippen molar-refractivity contribution >= 4 is 11.8 Å². The van der Waals surface area contributed by atoms with Gasteiger partial charge in [-0.1, -0.05) is 42.0 Å². The monoisotopic (exact) mass is 297 g/mol. The highest BCUT2D eigenvalue weighted by Gasteiger charge is 2.27. The van der Waals surface area contributed by atoms with Crippen LogP contribution in [0.25, 0.3) is 0 Å². The van der Waals surface area contributed by atoms with Gasteiger partial charge in [0.05, 0.1) is 0 Å². The molecule has 2 atom stereocenters. The van der Waals surface area contributed by atoms with Gasteiger partial charge in [0.2, 0.25) is 0 Å². The van der Waals surface area contributed by atoms with Crippen LogP contribution in [0.3, 0.4) is 0 Å². The summed E-state index contributed by atoms with van der Waals surface area (Å²) < 4.78 is 0. The molecule has 1 N–H and O–H groups in total. The van der Waals surface area contributed by atoms with Crippen molar-refractivity contribution in [3.8, 4) is 0 Å². The van der Waals surface area contributed by atoms with Crippen LogP contribution in [-0.2, 0) is 0 Å². The minimum Gasteiger partial charge on any atom is -0.316 e. The number of piperidine rings is 1. The van der Waals surface area contributed by atoms with E-state index in [1.54, 1.807) is 0 Å². The zero-order chi connectivity index (χ0) is 14.7. The van der Waals surface area contributed by atoms with Gasteiger partial charge in [-0.05, 0) is 55.3 Å². The molecule has 1 aliphatic rings. The number of thioether (sulfide) groups is 1. The highest BCUT2D eigenvalue weighted by Crippen LogP contribution is 2.37. The smallest absolute Gasteiger partial charge is 0.00693 e. The Kier molecular flexibility index (Phi) is 4.67. The largest absolute Gasteiger partial charge is 0.316 e. The van der Waals surface area contributed by atoms with E-state index in [0.717, 1.165) is 13.1 Å². The van der Waals surface area contributed by atoms with Crippen molar-refractivity contribution in [3.05, 3.63) is 65.2 Å². The third kappa shape index (κ3) is 3.33. The summed E-state index contributed by atoms with van der Waals surface area (Å²) in [6, 6.07) is 18.2. The van der Waals surface area contributed by atoms with Crippen molar-refractivity contribution < 1.29 is 0 Å². The molecule has 1 saturated heterocycles. The van der Waals surface area contributed by atoms with Crippen molar-refractivity contribution in [2.24, 2.45) is 0 Å². The molecule has 1 fully saturated rings. The topological polar surface area (TPSA) is 12.0 Å². The first kappa shape index (κ1) is 14.7. The molecule has 1 aliphatic heterocycles. The van der Waals surface area contributed by atoms with Crippen LogP contribution in [0.2, 0.25) is 0 Å². The second kappa shape index (κ2) is 6.67. The Morgan fingerprint density at radius 1 is 0.905 bits per heavy atom. The van der Waals surface area contributed by atoms with Gasteiger partial charge in [-0.2, -0.15) is 0 Å². The minimum absolute atomic E-state index is 0.583. The van der Waals surface area contributed by atoms with Gasteiger partial charge >= 0.3 is 0 Å². The minimum atomic E-state index is 0.583. The number of hydrogen-bond donors (Lipinski definition) is 1. The summed E-state index contributed by atoms with van der Waals surface area (Å²) in [4.78, 5) is 1.35. The number of rotatable bonds is 3. The summed E-state index contributed by atoms with van der Waals surface area (Å²) in [5, 5.41) is 3.57. The van der Waals surface area contributed by atoms with Gasteiger partial charge in [0.1, 0.15) is 0 Å². The quantitative estimate of drug-likeness (QED) is 0.832. The Balaban J connectivity index is 1.88. The van der Waals surface area contributed by atoms with Crippen LogP contribution in [0.15, 0.2) is 53.4 Å². The second-order valence-electron chi connectivity index (χ2n) is 5.89. The number of benzene rings is 2. The van der Waals surface area contributed by atoms with E-state index in [0.29, 0.717) is 11.8 Å². The lowest BCUT2D eigenvalue weighted by Crippen LogP contribution is -2.34. The van der Waals surface area contributed by atoms with Gasteiger partial charge in [-0.3, -0.25) is 0 Å². The Hall–Kier alpha value is -1.25. The molecule has 0 radical (unpaired) electrons. The highest BCUT2D eigenvalue weighted by atomic mass is 32.2. The van der Waals surface area contributed by atoms with Crippen molar-refractivity contribution in [3.63, 3.8) is 0 Å². The first-order chi connectivity index (χ1) is 10.3. The van der Waals surface area contributed by atoms with Crippen LogP contribution in [0.1, 0.15) is 34.9 Å². The second-order valence-corrected chi connectivity index (χ2v) is 6.77. The molecule has 2 aromatic rings. The van der Waals surface area contributed by atoms with E-state index in [2.05, 4.69) is 67.0 Å². The number of aryl methyl sites for hydroxylation is 1. The maximum atomic E-state index is 3.57. The lowest BCUT2D eigenvalue weighted by atomic mass is 9.77. The summed E-state index contributed by atoms with van der Waals surface area (Å²) in [5.41, 5.74) is 4.29. The molecule has 0 bridgehead atoms. The zero-order valence-electron chi connectivity index (χ0n) is 12.8. The molecule has 0 aliphatic carbocycles. The molecule has 0 amide bonds. The third-order valence-electron chi connectivity index (χ3n) is 4.53. The summed E-state index contributed by atoms with van der Waals surface area (Å²) in [6.07, 6.45) is 3.35. The average Bonchev–Trinajstić information content (AvgIpc) is 2.56. The molecule has 2 unspecified atom stereocenters. The summed E-state index contributed by atoms with van der Waals surface area (Å²) >= 11 is 1.81. The van der Waals surface area contributed by atoms with Gasteiger partial charge in [-0.25, -0.2) is 0 Å². The standard InChI is InChI=1S/C19H23NS/c1-14-3-5-16(6-4-14)19-13-20-12-11-18(19)15-7-9-17(21-2)10-8-15/h3-10,18-20H,11-13H2,1-2H3. The van der Waals surface area contributed by atoms with E-state index < -0.39 is 0 Å². The Morgan fingerprint density at radius 3 is 2.19 bits per heavy atom. The third-order valence-corrected chi connectivity index (χ3v) is 5.28. The highest BCUT2D eigenvalue weighted by molar-refractivity contribution is 7.98. The van der Waals surface area contributed by atoms with E-state index >= 15 is 0 Å². The molecule has 0 spiro atoms. The number of hydrogen-bond acceptors (Lipinski definition) is 2. The first-order valence-electron chi connectivity index (χ1n) is 7.69. The zero-order valence-corrected chi connectivity index (χ0v) is 13.6. The Morgan fingerprint density at radius 2 is 1.52 bits per heavy atom. The van der Waals surface area contributed by atoms with Crippen molar-refractivity contribution in [1.29, 1.82) is 0 Å². The fraction of sp³-hybridized carbons (Fsp3) is 0.368. The maximum Gasteiger partial charge on any atom is 0.00693 e. The van der Waals surface area contributed by atoms with E-state index in [4.69, 9.17) is 0 Å². The van der Waals surface area contributed by atoms with Gasteiger partial charge in [0.25, 0.3) is 0 Å². The fourth-order valence-electron chi connectivity index (χ4n) is 3.27. The lowest BCUT2D eigenvalue weighted by Gasteiger charge is -2.33. The predicted octanol–water partition coefficient (Wildman–Crippen LogP) is 4.58. The van der Waals surface area contributed by atoms with Crippen molar-refractivity contribution in [2.45, 2.75) is 30.1 Å². The van der Waals surface area contributed by atoms with E-state index in [-0.39, 0.29) is 0 Å². The molecule has 0 saturated carbocycles. The Bertz CT molecular complexity index is 574. The molecule has 2 aromatic carbocycles. The van der Waals surface area contributed by atoms with Crippen LogP contribution < -0.4 is 5.32 Å². The molecule has 1 nitrogen and oxygen atoms in total. The molecule has 21 heavy (non-hydrogen) atoms. The summed E-state index contributed by atoms with van der Waals surface area (Å²) in [5.74, 6) is 1.21. The maximum absolute atomic E-state index is 3.57. The van der Waals surface area contributed by atoms with Crippen molar-refractivity contribution in [1.82, 2.24) is 5.32 Å². The van der Waals surface area contributed by atoms with Gasteiger partial charge in [0, 0.05) is 17.4 Å². The van der Waals surface area contributed by atoms with Crippen LogP contribution >= 0.6 is 11.8 Å².